The van der Waals surface area contributed by atoms with Crippen LogP contribution in [0.4, 0.5) is 5.69 Å². The first-order valence-electron chi connectivity index (χ1n) is 7.57. The third-order valence-corrected chi connectivity index (χ3v) is 4.11. The van der Waals surface area contributed by atoms with Crippen LogP contribution in [-0.4, -0.2) is 23.5 Å². The van der Waals surface area contributed by atoms with Crippen molar-refractivity contribution in [2.24, 2.45) is 0 Å². The number of furan rings is 1. The lowest BCUT2D eigenvalue weighted by atomic mass is 10.1. The van der Waals surface area contributed by atoms with Crippen LogP contribution in [0.15, 0.2) is 46.2 Å². The average Bonchev–Trinajstić information content (AvgIpc) is 3.21. The number of nitrogens with zero attached hydrogens (tertiary/aromatic N) is 1. The number of anilines is 1. The predicted molar refractivity (Wildman–Crippen MR) is 94.6 cm³/mol. The van der Waals surface area contributed by atoms with E-state index in [1.54, 1.807) is 30.4 Å². The highest BCUT2D eigenvalue weighted by Crippen LogP contribution is 2.24. The number of rotatable bonds is 5. The van der Waals surface area contributed by atoms with Gasteiger partial charge in [-0.05, 0) is 38.1 Å². The maximum atomic E-state index is 12.0. The first kappa shape index (κ1) is 16.9. The Bertz CT molecular complexity index is 913. The van der Waals surface area contributed by atoms with Crippen LogP contribution in [0.3, 0.4) is 0 Å². The molecule has 3 rings (SSSR count). The normalized spacial score (nSPS) is 10.5. The van der Waals surface area contributed by atoms with Crippen LogP contribution in [0.2, 0.25) is 0 Å². The van der Waals surface area contributed by atoms with Crippen LogP contribution in [0.1, 0.15) is 21.3 Å². The van der Waals surface area contributed by atoms with Crippen molar-refractivity contribution in [1.29, 1.82) is 0 Å². The summed E-state index contributed by atoms with van der Waals surface area (Å²) >= 11 is 1.57. The molecular formula is C18H16N2O4S. The number of carbonyl (C=O) groups excluding carboxylic acids is 2. The van der Waals surface area contributed by atoms with Crippen LogP contribution >= 0.6 is 11.3 Å². The van der Waals surface area contributed by atoms with Crippen molar-refractivity contribution in [3.05, 3.63) is 58.3 Å². The Labute approximate surface area is 148 Å². The number of aryl methyl sites for hydroxylation is 2. The van der Waals surface area contributed by atoms with Crippen molar-refractivity contribution in [2.45, 2.75) is 13.8 Å². The molecule has 1 N–H and O–H groups in total. The molecule has 0 aliphatic carbocycles. The maximum absolute atomic E-state index is 12.0. The molecule has 0 saturated carbocycles. The summed E-state index contributed by atoms with van der Waals surface area (Å²) in [7, 11) is 0. The van der Waals surface area contributed by atoms with Gasteiger partial charge in [0.1, 0.15) is 5.76 Å². The molecule has 0 bridgehead atoms. The quantitative estimate of drug-likeness (QED) is 0.703. The minimum absolute atomic E-state index is 0.0752. The number of aromatic nitrogens is 1. The van der Waals surface area contributed by atoms with E-state index in [2.05, 4.69) is 10.3 Å². The van der Waals surface area contributed by atoms with Crippen molar-refractivity contribution in [3.8, 4) is 11.3 Å². The highest BCUT2D eigenvalue weighted by atomic mass is 32.1. The van der Waals surface area contributed by atoms with Crippen LogP contribution in [-0.2, 0) is 9.53 Å². The Morgan fingerprint density at radius 1 is 1.24 bits per heavy atom. The number of esters is 1. The Morgan fingerprint density at radius 2 is 2.08 bits per heavy atom. The first-order valence-corrected chi connectivity index (χ1v) is 8.45. The van der Waals surface area contributed by atoms with Crippen molar-refractivity contribution >= 4 is 28.9 Å². The van der Waals surface area contributed by atoms with Gasteiger partial charge in [0, 0.05) is 16.6 Å². The van der Waals surface area contributed by atoms with E-state index in [1.165, 1.54) is 6.07 Å². The predicted octanol–water partition coefficient (Wildman–Crippen LogP) is 3.82. The summed E-state index contributed by atoms with van der Waals surface area (Å²) in [4.78, 5) is 28.1. The number of benzene rings is 1. The number of hydrogen-bond donors (Lipinski definition) is 1. The van der Waals surface area contributed by atoms with Gasteiger partial charge in [0.15, 0.2) is 6.61 Å². The lowest BCUT2D eigenvalue weighted by Gasteiger charge is -2.07. The molecule has 3 aromatic rings. The van der Waals surface area contributed by atoms with E-state index in [9.17, 15) is 9.59 Å². The molecular weight excluding hydrogens is 340 g/mol. The van der Waals surface area contributed by atoms with E-state index in [4.69, 9.17) is 9.15 Å². The Kier molecular flexibility index (Phi) is 4.95. The monoisotopic (exact) mass is 356 g/mol. The van der Waals surface area contributed by atoms with E-state index in [0.29, 0.717) is 11.4 Å². The zero-order chi connectivity index (χ0) is 17.8. The van der Waals surface area contributed by atoms with E-state index < -0.39 is 18.5 Å². The second-order valence-corrected chi connectivity index (χ2v) is 6.43. The lowest BCUT2D eigenvalue weighted by molar-refractivity contribution is -0.119. The molecule has 0 fully saturated rings. The number of ether oxygens (including phenoxy) is 1. The highest BCUT2D eigenvalue weighted by molar-refractivity contribution is 7.09. The van der Waals surface area contributed by atoms with Crippen molar-refractivity contribution in [2.75, 3.05) is 11.9 Å². The molecule has 0 unspecified atom stereocenters. The number of thiazole rings is 1. The van der Waals surface area contributed by atoms with E-state index in [-0.39, 0.29) is 5.76 Å². The van der Waals surface area contributed by atoms with Gasteiger partial charge >= 0.3 is 5.97 Å². The molecule has 25 heavy (non-hydrogen) atoms. The summed E-state index contributed by atoms with van der Waals surface area (Å²) in [5.74, 6) is -0.421. The summed E-state index contributed by atoms with van der Waals surface area (Å²) in [6.07, 6.45) is 0. The third-order valence-electron chi connectivity index (χ3n) is 3.34. The molecule has 7 heteroatoms. The topological polar surface area (TPSA) is 81.4 Å². The standard InChI is InChI=1S/C18H16N2O4S/c1-11-6-7-16(24-11)18(22)23-9-17(21)20-14-5-3-4-13(8-14)15-10-25-12(2)19-15/h3-8,10H,9H2,1-2H3,(H,20,21). The fourth-order valence-electron chi connectivity index (χ4n) is 2.20. The number of carbonyl (C=O) groups is 2. The Morgan fingerprint density at radius 3 is 2.76 bits per heavy atom. The van der Waals surface area contributed by atoms with E-state index in [0.717, 1.165) is 16.3 Å². The lowest BCUT2D eigenvalue weighted by Crippen LogP contribution is -2.20. The number of nitrogens with one attached hydrogen (secondary N) is 1. The van der Waals surface area contributed by atoms with Crippen LogP contribution in [0.5, 0.6) is 0 Å². The van der Waals surface area contributed by atoms with Gasteiger partial charge in [0.2, 0.25) is 5.76 Å². The molecule has 0 spiro atoms. The SMILES string of the molecule is Cc1ccc(C(=O)OCC(=O)Nc2cccc(-c3csc(C)n3)c2)o1. The molecule has 2 aromatic heterocycles. The second-order valence-electron chi connectivity index (χ2n) is 5.37. The van der Waals surface area contributed by atoms with Gasteiger partial charge in [-0.25, -0.2) is 9.78 Å². The molecule has 2 heterocycles. The maximum Gasteiger partial charge on any atom is 0.374 e. The minimum Gasteiger partial charge on any atom is -0.454 e. The van der Waals surface area contributed by atoms with Crippen LogP contribution in [0.25, 0.3) is 11.3 Å². The van der Waals surface area contributed by atoms with Crippen LogP contribution in [0, 0.1) is 13.8 Å². The largest absolute Gasteiger partial charge is 0.454 e. The molecule has 0 atom stereocenters. The zero-order valence-corrected chi connectivity index (χ0v) is 14.6. The Balaban J connectivity index is 1.58. The van der Waals surface area contributed by atoms with Gasteiger partial charge in [0.05, 0.1) is 10.7 Å². The highest BCUT2D eigenvalue weighted by Gasteiger charge is 2.14. The summed E-state index contributed by atoms with van der Waals surface area (Å²) in [6.45, 7) is 3.27. The summed E-state index contributed by atoms with van der Waals surface area (Å²) < 4.78 is 10.1. The molecule has 0 aliphatic rings. The Hall–Kier alpha value is -2.93. The minimum atomic E-state index is -0.671. The summed E-state index contributed by atoms with van der Waals surface area (Å²) in [5.41, 5.74) is 2.38. The van der Waals surface area contributed by atoms with Gasteiger partial charge in [0.25, 0.3) is 5.91 Å². The van der Waals surface area contributed by atoms with Gasteiger partial charge < -0.3 is 14.5 Å². The van der Waals surface area contributed by atoms with Crippen molar-refractivity contribution in [3.63, 3.8) is 0 Å². The summed E-state index contributed by atoms with van der Waals surface area (Å²) in [5, 5.41) is 5.64. The molecule has 0 saturated heterocycles. The third kappa shape index (κ3) is 4.33. The number of amides is 1. The van der Waals surface area contributed by atoms with Crippen molar-refractivity contribution < 1.29 is 18.7 Å². The number of hydrogen-bond acceptors (Lipinski definition) is 6. The molecule has 0 aliphatic heterocycles. The average molecular weight is 356 g/mol. The second kappa shape index (κ2) is 7.31. The molecule has 0 radical (unpaired) electrons. The first-order chi connectivity index (χ1) is 12.0. The van der Waals surface area contributed by atoms with Gasteiger partial charge in [-0.3, -0.25) is 4.79 Å². The van der Waals surface area contributed by atoms with E-state index in [1.807, 2.05) is 30.5 Å². The fraction of sp³-hybridized carbons (Fsp3) is 0.167. The van der Waals surface area contributed by atoms with Gasteiger partial charge in [-0.1, -0.05) is 12.1 Å². The fourth-order valence-corrected chi connectivity index (χ4v) is 2.82. The van der Waals surface area contributed by atoms with E-state index >= 15 is 0 Å². The zero-order valence-electron chi connectivity index (χ0n) is 13.7. The molecule has 6 nitrogen and oxygen atoms in total. The van der Waals surface area contributed by atoms with Gasteiger partial charge in [-0.15, -0.1) is 11.3 Å². The van der Waals surface area contributed by atoms with Gasteiger partial charge in [-0.2, -0.15) is 0 Å². The molecule has 1 amide bonds. The smallest absolute Gasteiger partial charge is 0.374 e. The molecule has 128 valence electrons. The molecule has 1 aromatic carbocycles. The van der Waals surface area contributed by atoms with Crippen LogP contribution < -0.4 is 5.32 Å². The summed E-state index contributed by atoms with van der Waals surface area (Å²) in [6, 6.07) is 10.5. The van der Waals surface area contributed by atoms with Crippen molar-refractivity contribution in [1.82, 2.24) is 4.98 Å².